The third kappa shape index (κ3) is 4.71. The average molecular weight is 288 g/mol. The van der Waals surface area contributed by atoms with Crippen LogP contribution in [0.25, 0.3) is 0 Å². The Morgan fingerprint density at radius 3 is 2.50 bits per heavy atom. The molecular weight excluding hydrogens is 270 g/mol. The Balaban J connectivity index is 1.77. The Hall–Kier alpha value is -1.80. The predicted octanol–water partition coefficient (Wildman–Crippen LogP) is 4.39. The SMILES string of the molecule is O=C(CCCc1ccccc1)Nc1cccc(CCl)c1. The minimum absolute atomic E-state index is 0.0488. The fourth-order valence-electron chi connectivity index (χ4n) is 2.05. The first kappa shape index (κ1) is 14.6. The van der Waals surface area contributed by atoms with E-state index in [2.05, 4.69) is 17.4 Å². The van der Waals surface area contributed by atoms with E-state index in [0.717, 1.165) is 24.1 Å². The monoisotopic (exact) mass is 287 g/mol. The smallest absolute Gasteiger partial charge is 0.224 e. The van der Waals surface area contributed by atoms with Crippen molar-refractivity contribution in [3.8, 4) is 0 Å². The summed E-state index contributed by atoms with van der Waals surface area (Å²) in [6.45, 7) is 0. The predicted molar refractivity (Wildman–Crippen MR) is 84.0 cm³/mol. The zero-order valence-corrected chi connectivity index (χ0v) is 12.1. The third-order valence-electron chi connectivity index (χ3n) is 3.08. The summed E-state index contributed by atoms with van der Waals surface area (Å²) >= 11 is 5.77. The number of benzene rings is 2. The standard InChI is InChI=1S/C17H18ClNO/c18-13-15-9-4-10-16(12-15)19-17(20)11-5-8-14-6-2-1-3-7-14/h1-4,6-7,9-10,12H,5,8,11,13H2,(H,19,20). The Kier molecular flexibility index (Phi) is 5.63. The van der Waals surface area contributed by atoms with Crippen molar-refractivity contribution in [2.24, 2.45) is 0 Å². The van der Waals surface area contributed by atoms with Crippen molar-refractivity contribution >= 4 is 23.2 Å². The number of carbonyl (C=O) groups excluding carboxylic acids is 1. The lowest BCUT2D eigenvalue weighted by Crippen LogP contribution is -2.11. The van der Waals surface area contributed by atoms with Crippen LogP contribution in [0.5, 0.6) is 0 Å². The van der Waals surface area contributed by atoms with Crippen LogP contribution in [0.4, 0.5) is 5.69 Å². The number of anilines is 1. The van der Waals surface area contributed by atoms with Crippen LogP contribution in [-0.2, 0) is 17.1 Å². The number of halogens is 1. The average Bonchev–Trinajstić information content (AvgIpc) is 2.48. The van der Waals surface area contributed by atoms with Gasteiger partial charge in [-0.05, 0) is 36.1 Å². The molecule has 2 rings (SSSR count). The minimum Gasteiger partial charge on any atom is -0.326 e. The zero-order chi connectivity index (χ0) is 14.2. The molecule has 0 radical (unpaired) electrons. The highest BCUT2D eigenvalue weighted by molar-refractivity contribution is 6.17. The Labute approximate surface area is 124 Å². The summed E-state index contributed by atoms with van der Waals surface area (Å²) < 4.78 is 0. The summed E-state index contributed by atoms with van der Waals surface area (Å²) in [7, 11) is 0. The lowest BCUT2D eigenvalue weighted by Gasteiger charge is -2.06. The van der Waals surface area contributed by atoms with E-state index in [1.54, 1.807) is 0 Å². The van der Waals surface area contributed by atoms with E-state index in [9.17, 15) is 4.79 Å². The Bertz CT molecular complexity index is 554. The van der Waals surface area contributed by atoms with E-state index < -0.39 is 0 Å². The molecule has 0 spiro atoms. The molecule has 0 heterocycles. The molecule has 0 saturated carbocycles. The van der Waals surface area contributed by atoms with Crippen LogP contribution in [0, 0.1) is 0 Å². The maximum absolute atomic E-state index is 11.9. The topological polar surface area (TPSA) is 29.1 Å². The fraction of sp³-hybridized carbons (Fsp3) is 0.235. The second-order valence-electron chi connectivity index (χ2n) is 4.72. The first-order valence-electron chi connectivity index (χ1n) is 6.76. The number of hydrogen-bond donors (Lipinski definition) is 1. The minimum atomic E-state index is 0.0488. The molecule has 1 N–H and O–H groups in total. The molecule has 3 heteroatoms. The fourth-order valence-corrected chi connectivity index (χ4v) is 2.22. The van der Waals surface area contributed by atoms with Gasteiger partial charge in [-0.1, -0.05) is 42.5 Å². The largest absolute Gasteiger partial charge is 0.326 e. The molecule has 2 nitrogen and oxygen atoms in total. The van der Waals surface area contributed by atoms with Gasteiger partial charge in [0.1, 0.15) is 0 Å². The molecule has 104 valence electrons. The summed E-state index contributed by atoms with van der Waals surface area (Å²) in [6, 6.07) is 17.8. The van der Waals surface area contributed by atoms with E-state index in [1.165, 1.54) is 5.56 Å². The molecule has 0 atom stereocenters. The number of amides is 1. The maximum Gasteiger partial charge on any atom is 0.224 e. The van der Waals surface area contributed by atoms with Crippen LogP contribution in [0.15, 0.2) is 54.6 Å². The highest BCUT2D eigenvalue weighted by atomic mass is 35.5. The van der Waals surface area contributed by atoms with Gasteiger partial charge in [-0.15, -0.1) is 11.6 Å². The van der Waals surface area contributed by atoms with Gasteiger partial charge < -0.3 is 5.32 Å². The number of alkyl halides is 1. The van der Waals surface area contributed by atoms with Gasteiger partial charge in [0.05, 0.1) is 0 Å². The van der Waals surface area contributed by atoms with E-state index >= 15 is 0 Å². The van der Waals surface area contributed by atoms with E-state index in [0.29, 0.717) is 12.3 Å². The van der Waals surface area contributed by atoms with Gasteiger partial charge in [-0.25, -0.2) is 0 Å². The number of hydrogen-bond acceptors (Lipinski definition) is 1. The third-order valence-corrected chi connectivity index (χ3v) is 3.39. The molecule has 0 bridgehead atoms. The van der Waals surface area contributed by atoms with Crippen LogP contribution >= 0.6 is 11.6 Å². The summed E-state index contributed by atoms with van der Waals surface area (Å²) in [6.07, 6.45) is 2.31. The second-order valence-corrected chi connectivity index (χ2v) is 4.99. The highest BCUT2D eigenvalue weighted by Gasteiger charge is 2.03. The molecule has 0 aliphatic rings. The lowest BCUT2D eigenvalue weighted by atomic mass is 10.1. The number of nitrogens with one attached hydrogen (secondary N) is 1. The molecule has 0 fully saturated rings. The van der Waals surface area contributed by atoms with Crippen LogP contribution in [0.2, 0.25) is 0 Å². The molecule has 0 aliphatic heterocycles. The summed E-state index contributed by atoms with van der Waals surface area (Å²) in [5, 5.41) is 2.91. The number of carbonyl (C=O) groups is 1. The van der Waals surface area contributed by atoms with Crippen molar-refractivity contribution in [3.05, 3.63) is 65.7 Å². The van der Waals surface area contributed by atoms with Crippen molar-refractivity contribution < 1.29 is 4.79 Å². The molecule has 0 unspecified atom stereocenters. The molecular formula is C17H18ClNO. The maximum atomic E-state index is 11.9. The van der Waals surface area contributed by atoms with Crippen molar-refractivity contribution in [2.45, 2.75) is 25.1 Å². The molecule has 0 saturated heterocycles. The van der Waals surface area contributed by atoms with Gasteiger partial charge in [0.25, 0.3) is 0 Å². The van der Waals surface area contributed by atoms with Crippen LogP contribution < -0.4 is 5.32 Å². The molecule has 1 amide bonds. The van der Waals surface area contributed by atoms with Crippen molar-refractivity contribution in [1.82, 2.24) is 0 Å². The van der Waals surface area contributed by atoms with E-state index in [-0.39, 0.29) is 5.91 Å². The lowest BCUT2D eigenvalue weighted by molar-refractivity contribution is -0.116. The van der Waals surface area contributed by atoms with Gasteiger partial charge in [-0.2, -0.15) is 0 Å². The number of aryl methyl sites for hydroxylation is 1. The molecule has 2 aromatic carbocycles. The van der Waals surface area contributed by atoms with E-state index in [1.807, 2.05) is 42.5 Å². The Morgan fingerprint density at radius 1 is 1.00 bits per heavy atom. The first-order chi connectivity index (χ1) is 9.78. The summed E-state index contributed by atoms with van der Waals surface area (Å²) in [5.41, 5.74) is 3.09. The van der Waals surface area contributed by atoms with Crippen molar-refractivity contribution in [1.29, 1.82) is 0 Å². The van der Waals surface area contributed by atoms with Gasteiger partial charge in [0.2, 0.25) is 5.91 Å². The Morgan fingerprint density at radius 2 is 1.75 bits per heavy atom. The summed E-state index contributed by atoms with van der Waals surface area (Å²) in [4.78, 5) is 11.9. The van der Waals surface area contributed by atoms with E-state index in [4.69, 9.17) is 11.6 Å². The normalized spacial score (nSPS) is 10.2. The number of rotatable bonds is 6. The molecule has 0 aromatic heterocycles. The van der Waals surface area contributed by atoms with Crippen molar-refractivity contribution in [3.63, 3.8) is 0 Å². The van der Waals surface area contributed by atoms with Gasteiger partial charge in [0.15, 0.2) is 0 Å². The highest BCUT2D eigenvalue weighted by Crippen LogP contribution is 2.13. The summed E-state index contributed by atoms with van der Waals surface area (Å²) in [5.74, 6) is 0.505. The van der Waals surface area contributed by atoms with Crippen LogP contribution in [0.1, 0.15) is 24.0 Å². The van der Waals surface area contributed by atoms with Gasteiger partial charge in [0, 0.05) is 18.0 Å². The zero-order valence-electron chi connectivity index (χ0n) is 11.3. The quantitative estimate of drug-likeness (QED) is 0.785. The van der Waals surface area contributed by atoms with Gasteiger partial charge in [-0.3, -0.25) is 4.79 Å². The van der Waals surface area contributed by atoms with Crippen LogP contribution in [-0.4, -0.2) is 5.91 Å². The molecule has 20 heavy (non-hydrogen) atoms. The molecule has 2 aromatic rings. The van der Waals surface area contributed by atoms with Crippen LogP contribution in [0.3, 0.4) is 0 Å². The van der Waals surface area contributed by atoms with Gasteiger partial charge >= 0.3 is 0 Å². The second kappa shape index (κ2) is 7.71. The molecule has 0 aliphatic carbocycles. The van der Waals surface area contributed by atoms with Crippen molar-refractivity contribution in [2.75, 3.05) is 5.32 Å². The first-order valence-corrected chi connectivity index (χ1v) is 7.30.